The summed E-state index contributed by atoms with van der Waals surface area (Å²) < 4.78 is 34.1. The Balaban J connectivity index is 1.24. The van der Waals surface area contributed by atoms with E-state index in [0.29, 0.717) is 11.8 Å². The topological polar surface area (TPSA) is 68.3 Å². The van der Waals surface area contributed by atoms with Crippen molar-refractivity contribution in [1.29, 1.82) is 0 Å². The summed E-state index contributed by atoms with van der Waals surface area (Å²) >= 11 is 0. The van der Waals surface area contributed by atoms with Crippen molar-refractivity contribution in [2.75, 3.05) is 6.26 Å². The van der Waals surface area contributed by atoms with Crippen LogP contribution >= 0.6 is 0 Å². The number of hydrogen-bond acceptors (Lipinski definition) is 4. The molecule has 2 bridgehead atoms. The minimum atomic E-state index is -3.23. The van der Waals surface area contributed by atoms with Crippen LogP contribution in [0.2, 0.25) is 0 Å². The summed E-state index contributed by atoms with van der Waals surface area (Å²) in [5.41, 5.74) is 3.85. The molecular weight excluding hydrogens is 456 g/mol. The van der Waals surface area contributed by atoms with Crippen molar-refractivity contribution in [3.8, 4) is 0 Å². The molecule has 5 aliphatic rings. The van der Waals surface area contributed by atoms with Gasteiger partial charge in [0.15, 0.2) is 0 Å². The molecule has 2 aliphatic heterocycles. The van der Waals surface area contributed by atoms with E-state index in [4.69, 9.17) is 4.74 Å². The summed E-state index contributed by atoms with van der Waals surface area (Å²) in [6, 6.07) is 8.98. The summed E-state index contributed by atoms with van der Waals surface area (Å²) in [6.07, 6.45) is 18.1. The molecule has 1 aromatic carbocycles. The van der Waals surface area contributed by atoms with Crippen LogP contribution in [-0.4, -0.2) is 36.9 Å². The first kappa shape index (κ1) is 22.2. The fourth-order valence-corrected chi connectivity index (χ4v) is 9.49. The monoisotopic (exact) mass is 490 g/mol. The molecular formula is C29H34N2O3S. The molecule has 2 spiro atoms. The zero-order chi connectivity index (χ0) is 24.1. The summed E-state index contributed by atoms with van der Waals surface area (Å²) in [4.78, 5) is 4.35. The van der Waals surface area contributed by atoms with Crippen molar-refractivity contribution in [2.45, 2.75) is 81.5 Å². The Morgan fingerprint density at radius 1 is 1.11 bits per heavy atom. The van der Waals surface area contributed by atoms with Gasteiger partial charge in [-0.2, -0.15) is 0 Å². The van der Waals surface area contributed by atoms with Crippen LogP contribution < -0.4 is 4.72 Å². The Morgan fingerprint density at radius 3 is 2.86 bits per heavy atom. The highest BCUT2D eigenvalue weighted by atomic mass is 32.2. The van der Waals surface area contributed by atoms with Gasteiger partial charge >= 0.3 is 0 Å². The molecule has 3 heterocycles. The Kier molecular flexibility index (Phi) is 4.61. The normalized spacial score (nSPS) is 40.0. The van der Waals surface area contributed by atoms with Gasteiger partial charge in [0.1, 0.15) is 0 Å². The average Bonchev–Trinajstić information content (AvgIpc) is 3.33. The Morgan fingerprint density at radius 2 is 2.00 bits per heavy atom. The summed E-state index contributed by atoms with van der Waals surface area (Å²) in [5, 5.41) is 2.46. The van der Waals surface area contributed by atoms with Gasteiger partial charge in [0.25, 0.3) is 0 Å². The Bertz CT molecular complexity index is 1400. The summed E-state index contributed by atoms with van der Waals surface area (Å²) in [5.74, 6) is 0.978. The van der Waals surface area contributed by atoms with Crippen LogP contribution in [0.15, 0.2) is 60.0 Å². The number of rotatable bonds is 3. The predicted molar refractivity (Wildman–Crippen MR) is 137 cm³/mol. The lowest BCUT2D eigenvalue weighted by atomic mass is 9.58. The van der Waals surface area contributed by atoms with Crippen LogP contribution in [0.25, 0.3) is 10.8 Å². The molecule has 184 valence electrons. The number of fused-ring (bicyclic) bond motifs is 2. The smallest absolute Gasteiger partial charge is 0.208 e. The van der Waals surface area contributed by atoms with Gasteiger partial charge in [-0.25, -0.2) is 13.1 Å². The molecule has 0 radical (unpaired) electrons. The van der Waals surface area contributed by atoms with Crippen LogP contribution in [-0.2, 0) is 14.8 Å². The second-order valence-corrected chi connectivity index (χ2v) is 13.8. The average molecular weight is 491 g/mol. The lowest BCUT2D eigenvalue weighted by Crippen LogP contribution is -2.55. The summed E-state index contributed by atoms with van der Waals surface area (Å²) in [7, 11) is -3.23. The number of nitrogens with one attached hydrogen (secondary N) is 1. The molecule has 1 saturated heterocycles. The van der Waals surface area contributed by atoms with E-state index in [2.05, 4.69) is 53.0 Å². The second-order valence-electron chi connectivity index (χ2n) is 12.0. The van der Waals surface area contributed by atoms with Gasteiger partial charge in [-0.05, 0) is 103 Å². The minimum absolute atomic E-state index is 0.0414. The van der Waals surface area contributed by atoms with E-state index < -0.39 is 10.0 Å². The maximum Gasteiger partial charge on any atom is 0.208 e. The van der Waals surface area contributed by atoms with E-state index in [1.807, 2.05) is 12.4 Å². The van der Waals surface area contributed by atoms with Crippen molar-refractivity contribution in [3.63, 3.8) is 0 Å². The fraction of sp³-hybridized carbons (Fsp3) is 0.552. The zero-order valence-corrected chi connectivity index (χ0v) is 21.4. The lowest BCUT2D eigenvalue weighted by Gasteiger charge is -2.54. The first-order valence-corrected chi connectivity index (χ1v) is 15.0. The van der Waals surface area contributed by atoms with Crippen molar-refractivity contribution in [1.82, 2.24) is 9.71 Å². The van der Waals surface area contributed by atoms with E-state index in [1.54, 1.807) is 0 Å². The molecule has 5 nitrogen and oxygen atoms in total. The van der Waals surface area contributed by atoms with E-state index in [9.17, 15) is 8.42 Å². The maximum atomic E-state index is 12.0. The largest absolute Gasteiger partial charge is 0.359 e. The second kappa shape index (κ2) is 7.27. The van der Waals surface area contributed by atoms with Crippen LogP contribution in [0.1, 0.15) is 69.8 Å². The molecule has 3 aliphatic carbocycles. The third-order valence-electron chi connectivity index (χ3n) is 10.1. The number of benzene rings is 1. The van der Waals surface area contributed by atoms with Crippen molar-refractivity contribution < 1.29 is 13.2 Å². The molecule has 2 aromatic rings. The van der Waals surface area contributed by atoms with Crippen molar-refractivity contribution >= 4 is 20.8 Å². The standard InChI is InChI=1S/C29H34N2O3S/c1-27-11-9-23-16-22-5-6-24(31-35(2,32)33)17-28(22)12-13-29(23,34-28)26(27)8-7-25(27)20-4-3-19-10-14-30-18-21(19)15-20/h3-4,9-10,14-16,18,24-26,31H,5-8,11-13,17H2,1-2H3/t24-,25?,26+,27?,28+,29+/m0/s1. The maximum absolute atomic E-state index is 12.0. The first-order valence-electron chi connectivity index (χ1n) is 13.1. The summed E-state index contributed by atoms with van der Waals surface area (Å²) in [6.45, 7) is 2.49. The highest BCUT2D eigenvalue weighted by molar-refractivity contribution is 7.88. The van der Waals surface area contributed by atoms with Gasteiger partial charge in [-0.15, -0.1) is 0 Å². The van der Waals surface area contributed by atoms with Crippen LogP contribution in [0, 0.1) is 11.3 Å². The molecule has 3 fully saturated rings. The van der Waals surface area contributed by atoms with E-state index in [-0.39, 0.29) is 22.7 Å². The molecule has 0 amide bonds. The molecule has 1 N–H and O–H groups in total. The first-order chi connectivity index (χ1) is 16.7. The quantitative estimate of drug-likeness (QED) is 0.626. The van der Waals surface area contributed by atoms with Crippen LogP contribution in [0.5, 0.6) is 0 Å². The van der Waals surface area contributed by atoms with Crippen LogP contribution in [0.4, 0.5) is 0 Å². The number of aromatic nitrogens is 1. The van der Waals surface area contributed by atoms with Gasteiger partial charge in [-0.1, -0.05) is 31.2 Å². The van der Waals surface area contributed by atoms with Gasteiger partial charge < -0.3 is 4.74 Å². The third kappa shape index (κ3) is 3.19. The van der Waals surface area contributed by atoms with Gasteiger partial charge in [0, 0.05) is 23.8 Å². The molecule has 35 heavy (non-hydrogen) atoms. The molecule has 1 aromatic heterocycles. The molecule has 2 unspecified atom stereocenters. The zero-order valence-electron chi connectivity index (χ0n) is 20.6. The highest BCUT2D eigenvalue weighted by Gasteiger charge is 2.66. The van der Waals surface area contributed by atoms with E-state index >= 15 is 0 Å². The highest BCUT2D eigenvalue weighted by Crippen LogP contribution is 2.69. The number of pyridine rings is 1. The van der Waals surface area contributed by atoms with Gasteiger partial charge in [0.05, 0.1) is 17.5 Å². The lowest BCUT2D eigenvalue weighted by molar-refractivity contribution is -0.135. The number of hydrogen-bond donors (Lipinski definition) is 1. The van der Waals surface area contributed by atoms with Gasteiger partial charge in [-0.3, -0.25) is 4.98 Å². The Hall–Kier alpha value is -2.02. The predicted octanol–water partition coefficient (Wildman–Crippen LogP) is 5.39. The number of sulfonamides is 1. The minimum Gasteiger partial charge on any atom is -0.359 e. The van der Waals surface area contributed by atoms with E-state index in [0.717, 1.165) is 38.5 Å². The molecule has 6 atom stereocenters. The Labute approximate surface area is 208 Å². The number of nitrogens with zero attached hydrogens (tertiary/aromatic N) is 1. The number of allylic oxidation sites excluding steroid dienone is 1. The molecule has 2 saturated carbocycles. The van der Waals surface area contributed by atoms with Crippen molar-refractivity contribution in [2.24, 2.45) is 11.3 Å². The third-order valence-corrected chi connectivity index (χ3v) is 10.9. The SMILES string of the molecule is CC12CC=C3C=C4CC[C@H](NS(C)(=O)=O)C[C@]45CC[C@]3(O5)[C@@H]1CCC2c1ccc2ccncc2c1. The van der Waals surface area contributed by atoms with Gasteiger partial charge in [0.2, 0.25) is 10.0 Å². The van der Waals surface area contributed by atoms with Crippen molar-refractivity contribution in [3.05, 3.63) is 65.5 Å². The molecule has 7 rings (SSSR count). The molecule has 6 heteroatoms. The number of ether oxygens (including phenoxy) is 1. The van der Waals surface area contributed by atoms with E-state index in [1.165, 1.54) is 46.6 Å². The fourth-order valence-electron chi connectivity index (χ4n) is 8.68. The van der Waals surface area contributed by atoms with Crippen LogP contribution in [0.3, 0.4) is 0 Å².